The fourth-order valence-corrected chi connectivity index (χ4v) is 0.677. The Labute approximate surface area is 136 Å². The Kier molecular flexibility index (Phi) is 118. The van der Waals surface area contributed by atoms with Crippen molar-refractivity contribution in [2.24, 2.45) is 0 Å². The van der Waals surface area contributed by atoms with Crippen LogP contribution in [0, 0.1) is 4.43 Å². The first-order valence-electron chi connectivity index (χ1n) is 4.21. The number of hydrogen-bond acceptors (Lipinski definition) is 0. The third-order valence-electron chi connectivity index (χ3n) is 1.21. The van der Waals surface area contributed by atoms with Crippen LogP contribution in [0.3, 0.4) is 0 Å². The molecule has 0 spiro atoms. The van der Waals surface area contributed by atoms with Gasteiger partial charge in [-0.25, -0.2) is 0 Å². The van der Waals surface area contributed by atoms with Gasteiger partial charge in [-0.3, -0.25) is 4.43 Å². The van der Waals surface area contributed by atoms with Gasteiger partial charge in [0.15, 0.2) is 0 Å². The molecule has 0 amide bonds. The molecule has 0 aromatic rings. The van der Waals surface area contributed by atoms with Crippen LogP contribution in [0.2, 0.25) is 0 Å². The number of hydrogen-bond donors (Lipinski definition) is 0. The first-order valence-corrected chi connectivity index (χ1v) is 5.46. The maximum Gasteiger partial charge on any atom is 0 e. The maximum absolute atomic E-state index is 2.25. The van der Waals surface area contributed by atoms with E-state index in [4.69, 9.17) is 0 Å². The normalized spacial score (nSPS) is 6.00. The van der Waals surface area contributed by atoms with Crippen LogP contribution in [0.25, 0.3) is 0 Å². The number of unbranched alkanes of at least 4 members (excludes halogenated alkanes) is 4. The van der Waals surface area contributed by atoms with Crippen molar-refractivity contribution in [2.45, 2.75) is 67.7 Å². The van der Waals surface area contributed by atoms with Gasteiger partial charge in [0.25, 0.3) is 0 Å². The van der Waals surface area contributed by atoms with Gasteiger partial charge in [-0.15, -0.1) is 24.0 Å². The van der Waals surface area contributed by atoms with E-state index in [1.807, 2.05) is 11.4 Å². The summed E-state index contributed by atoms with van der Waals surface area (Å²) < 4.78 is 1.97. The zero-order chi connectivity index (χ0) is 8.24. The van der Waals surface area contributed by atoms with Crippen LogP contribution in [0.4, 0.5) is 0 Å². The van der Waals surface area contributed by atoms with E-state index >= 15 is 0 Å². The van der Waals surface area contributed by atoms with Crippen LogP contribution < -0.4 is 0 Å². The van der Waals surface area contributed by atoms with Gasteiger partial charge in [-0.05, 0) is 0 Å². The van der Waals surface area contributed by atoms with Gasteiger partial charge in [0.1, 0.15) is 0 Å². The average Bonchev–Trinajstić information content (AvgIpc) is 1.91. The minimum atomic E-state index is 0. The predicted molar refractivity (Wildman–Crippen MR) is 87.3 cm³/mol. The van der Waals surface area contributed by atoms with E-state index in [0.29, 0.717) is 0 Å². The van der Waals surface area contributed by atoms with Crippen molar-refractivity contribution in [1.29, 1.82) is 0 Å². The quantitative estimate of drug-likeness (QED) is 0.253. The van der Waals surface area contributed by atoms with Crippen molar-refractivity contribution in [2.75, 3.05) is 0 Å². The summed E-state index contributed by atoms with van der Waals surface area (Å²) >= 11 is 2.16. The van der Waals surface area contributed by atoms with Crippen LogP contribution >= 0.6 is 46.6 Å². The second-order valence-corrected chi connectivity index (χ2v) is 3.52. The molecule has 14 heavy (non-hydrogen) atoms. The first-order chi connectivity index (χ1) is 4.83. The molecule has 93 valence electrons. The Morgan fingerprint density at radius 2 is 1.14 bits per heavy atom. The zero-order valence-corrected chi connectivity index (χ0v) is 14.2. The van der Waals surface area contributed by atoms with Crippen molar-refractivity contribution in [3.63, 3.8) is 0 Å². The Bertz CT molecular complexity index is 40.3. The Morgan fingerprint density at radius 3 is 1.29 bits per heavy atom. The fourth-order valence-electron chi connectivity index (χ4n) is 0.677. The topological polar surface area (TPSA) is 0 Å². The Balaban J connectivity index is -0.0000000208. The minimum Gasteiger partial charge on any atom is -0.316 e. The summed E-state index contributed by atoms with van der Waals surface area (Å²) in [6, 6.07) is 0. The molecule has 0 aliphatic rings. The molecule has 0 rings (SSSR count). The van der Waals surface area contributed by atoms with Gasteiger partial charge >= 0.3 is 0 Å². The van der Waals surface area contributed by atoms with E-state index < -0.39 is 0 Å². The molecule has 0 bridgehead atoms. The summed E-state index contributed by atoms with van der Waals surface area (Å²) in [6.07, 6.45) is 7.01. The molecule has 0 unspecified atom stereocenters. The van der Waals surface area contributed by atoms with Crippen molar-refractivity contribution >= 4 is 46.6 Å². The molecule has 0 saturated heterocycles. The summed E-state index contributed by atoms with van der Waals surface area (Å²) in [6.45, 7) is 6.48. The standard InChI is InChI=1S/C7H16.C2H4I.2CH4.HI.V/c1-3-5-7-6-4-2;1-2-3;;;;/h3-7H2,1-2H3;2H,1H3;2*1H4;1H;/q;-1;;;;. The molecule has 0 aliphatic carbocycles. The molecule has 0 N–H and O–H groups in total. The molecule has 0 aromatic carbocycles. The van der Waals surface area contributed by atoms with Crippen LogP contribution in [-0.4, -0.2) is 0 Å². The molecule has 0 atom stereocenters. The first kappa shape index (κ1) is 36.0. The summed E-state index contributed by atoms with van der Waals surface area (Å²) in [5.41, 5.74) is 0. The molecule has 0 saturated carbocycles. The molecule has 0 heterocycles. The molecule has 1 radical (unpaired) electrons. The van der Waals surface area contributed by atoms with E-state index in [2.05, 4.69) is 36.4 Å². The second kappa shape index (κ2) is 45.9. The number of rotatable bonds is 4. The van der Waals surface area contributed by atoms with Crippen molar-refractivity contribution in [1.82, 2.24) is 0 Å². The largest absolute Gasteiger partial charge is 0.316 e. The van der Waals surface area contributed by atoms with Gasteiger partial charge in [0.05, 0.1) is 0 Å². The molecule has 3 heteroatoms. The predicted octanol–water partition coefficient (Wildman–Crippen LogP) is 6.47. The van der Waals surface area contributed by atoms with Gasteiger partial charge in [0.2, 0.25) is 0 Å². The van der Waals surface area contributed by atoms with Crippen LogP contribution in [0.5, 0.6) is 0 Å². The minimum absolute atomic E-state index is 0. The van der Waals surface area contributed by atoms with Gasteiger partial charge in [-0.2, -0.15) is 6.92 Å². The molecule has 0 aromatic heterocycles. The third kappa shape index (κ3) is 65.4. The van der Waals surface area contributed by atoms with Crippen molar-refractivity contribution in [3.8, 4) is 0 Å². The summed E-state index contributed by atoms with van der Waals surface area (Å²) in [7, 11) is 0. The Hall–Kier alpha value is 2.04. The van der Waals surface area contributed by atoms with E-state index in [1.165, 1.54) is 32.1 Å². The van der Waals surface area contributed by atoms with E-state index in [1.54, 1.807) is 0 Å². The third-order valence-corrected chi connectivity index (χ3v) is 1.21. The Morgan fingerprint density at radius 1 is 0.929 bits per heavy atom. The monoisotopic (exact) mass is 466 g/mol. The van der Waals surface area contributed by atoms with Crippen molar-refractivity contribution < 1.29 is 18.6 Å². The van der Waals surface area contributed by atoms with Gasteiger partial charge < -0.3 is 22.6 Å². The smallest absolute Gasteiger partial charge is 0 e. The summed E-state index contributed by atoms with van der Waals surface area (Å²) in [5, 5.41) is 0. The number of halogens is 2. The average molecular weight is 466 g/mol. The van der Waals surface area contributed by atoms with Gasteiger partial charge in [0, 0.05) is 18.6 Å². The van der Waals surface area contributed by atoms with Crippen LogP contribution in [-0.2, 0) is 18.6 Å². The molecular weight excluding hydrogens is 437 g/mol. The SMILES string of the molecule is C.C.CCCCCCC.C[CH-]I.I.[V]. The van der Waals surface area contributed by atoms with Crippen molar-refractivity contribution in [3.05, 3.63) is 4.43 Å². The maximum atomic E-state index is 2.25. The summed E-state index contributed by atoms with van der Waals surface area (Å²) in [5.74, 6) is 0. The van der Waals surface area contributed by atoms with E-state index in [9.17, 15) is 0 Å². The molecule has 0 fully saturated rings. The summed E-state index contributed by atoms with van der Waals surface area (Å²) in [4.78, 5) is 0. The van der Waals surface area contributed by atoms with E-state index in [-0.39, 0.29) is 57.4 Å². The molecule has 0 nitrogen and oxygen atoms in total. The van der Waals surface area contributed by atoms with Crippen LogP contribution in [0.1, 0.15) is 67.7 Å². The van der Waals surface area contributed by atoms with E-state index in [0.717, 1.165) is 0 Å². The molecule has 0 aliphatic heterocycles. The van der Waals surface area contributed by atoms with Gasteiger partial charge in [-0.1, -0.05) is 60.8 Å². The fraction of sp³-hybridized carbons (Fsp3) is 0.909. The zero-order valence-electron chi connectivity index (χ0n) is 8.35. The second-order valence-electron chi connectivity index (χ2n) is 2.28. The van der Waals surface area contributed by atoms with Crippen LogP contribution in [0.15, 0.2) is 0 Å². The molecular formula is C11H29I2V-.